The molecule has 1 nitrogen and oxygen atoms in total. The van der Waals surface area contributed by atoms with Gasteiger partial charge in [-0.05, 0) is 43.6 Å². The second-order valence-corrected chi connectivity index (χ2v) is 4.44. The highest BCUT2D eigenvalue weighted by atomic mass is 127. The topological polar surface area (TPSA) is 3.24 Å². The van der Waals surface area contributed by atoms with Crippen LogP contribution in [0.25, 0.3) is 0 Å². The van der Waals surface area contributed by atoms with Crippen LogP contribution in [0.3, 0.4) is 0 Å². The van der Waals surface area contributed by atoms with Crippen molar-refractivity contribution in [3.05, 3.63) is 21.8 Å². The first-order valence-corrected chi connectivity index (χ1v) is 4.91. The van der Waals surface area contributed by atoms with Crippen LogP contribution in [0.15, 0.2) is 21.8 Å². The van der Waals surface area contributed by atoms with Gasteiger partial charge in [-0.2, -0.15) is 0 Å². The fraction of sp³-hybridized carbons (Fsp3) is 0.556. The first kappa shape index (κ1) is 9.26. The van der Waals surface area contributed by atoms with Gasteiger partial charge in [-0.1, -0.05) is 18.2 Å². The Balaban J connectivity index is 2.58. The largest absolute Gasteiger partial charge is 0.306 e. The average Bonchev–Trinajstić information content (AvgIpc) is 2.34. The molecule has 0 bridgehead atoms. The van der Waals surface area contributed by atoms with Crippen molar-refractivity contribution >= 4 is 22.6 Å². The van der Waals surface area contributed by atoms with Gasteiger partial charge in [-0.15, -0.1) is 0 Å². The van der Waals surface area contributed by atoms with Gasteiger partial charge in [0.1, 0.15) is 0 Å². The molecule has 1 rings (SSSR count). The molecule has 0 fully saturated rings. The molecule has 0 aromatic rings. The molecule has 0 amide bonds. The Hall–Kier alpha value is 0.170. The van der Waals surface area contributed by atoms with E-state index in [9.17, 15) is 0 Å². The van der Waals surface area contributed by atoms with Gasteiger partial charge in [-0.3, -0.25) is 0 Å². The van der Waals surface area contributed by atoms with Crippen LogP contribution >= 0.6 is 22.6 Å². The molecule has 1 unspecified atom stereocenters. The van der Waals surface area contributed by atoms with E-state index in [-0.39, 0.29) is 0 Å². The van der Waals surface area contributed by atoms with Gasteiger partial charge in [0.05, 0.1) is 0 Å². The lowest BCUT2D eigenvalue weighted by molar-refractivity contribution is 0.283. The second-order valence-electron chi connectivity index (χ2n) is 3.19. The van der Waals surface area contributed by atoms with Crippen molar-refractivity contribution in [2.75, 3.05) is 14.1 Å². The maximum atomic E-state index is 2.36. The van der Waals surface area contributed by atoms with E-state index in [0.717, 1.165) is 0 Å². The Morgan fingerprint density at radius 1 is 1.55 bits per heavy atom. The molecular formula is C9H14IN. The fourth-order valence-electron chi connectivity index (χ4n) is 1.14. The van der Waals surface area contributed by atoms with E-state index in [4.69, 9.17) is 0 Å². The van der Waals surface area contributed by atoms with E-state index >= 15 is 0 Å². The van der Waals surface area contributed by atoms with Crippen LogP contribution in [0.4, 0.5) is 0 Å². The van der Waals surface area contributed by atoms with Crippen molar-refractivity contribution in [3.8, 4) is 0 Å². The number of hydrogen-bond acceptors (Lipinski definition) is 1. The van der Waals surface area contributed by atoms with Crippen LogP contribution in [0.5, 0.6) is 0 Å². The summed E-state index contributed by atoms with van der Waals surface area (Å²) in [5.74, 6) is 0.608. The zero-order valence-electron chi connectivity index (χ0n) is 7.21. The van der Waals surface area contributed by atoms with Crippen molar-refractivity contribution in [2.45, 2.75) is 13.0 Å². The summed E-state index contributed by atoms with van der Waals surface area (Å²) in [7, 11) is 4.25. The van der Waals surface area contributed by atoms with Gasteiger partial charge in [0.2, 0.25) is 0 Å². The Kier molecular flexibility index (Phi) is 3.13. The van der Waals surface area contributed by atoms with E-state index in [1.54, 1.807) is 0 Å². The van der Waals surface area contributed by atoms with E-state index in [0.29, 0.717) is 12.0 Å². The maximum Gasteiger partial charge on any atom is 0.0159 e. The maximum absolute atomic E-state index is 2.36. The van der Waals surface area contributed by atoms with Gasteiger partial charge in [0.15, 0.2) is 0 Å². The summed E-state index contributed by atoms with van der Waals surface area (Å²) in [5, 5.41) is 0. The third-order valence-corrected chi connectivity index (χ3v) is 2.92. The summed E-state index contributed by atoms with van der Waals surface area (Å²) < 4.78 is 1.36. The van der Waals surface area contributed by atoms with E-state index in [1.807, 2.05) is 0 Å². The van der Waals surface area contributed by atoms with Gasteiger partial charge in [0, 0.05) is 15.5 Å². The van der Waals surface area contributed by atoms with Crippen LogP contribution in [-0.4, -0.2) is 25.0 Å². The molecule has 62 valence electrons. The van der Waals surface area contributed by atoms with Crippen molar-refractivity contribution in [1.29, 1.82) is 0 Å². The zero-order chi connectivity index (χ0) is 8.43. The summed E-state index contributed by atoms with van der Waals surface area (Å²) >= 11 is 2.36. The first-order chi connectivity index (χ1) is 5.11. The van der Waals surface area contributed by atoms with E-state index in [1.165, 1.54) is 3.58 Å². The number of rotatable bonds is 2. The molecule has 0 aromatic heterocycles. The molecule has 0 aliphatic heterocycles. The Bertz CT molecular complexity index is 194. The molecule has 2 heteroatoms. The van der Waals surface area contributed by atoms with Crippen LogP contribution in [0.1, 0.15) is 6.92 Å². The summed E-state index contributed by atoms with van der Waals surface area (Å²) in [6.45, 7) is 2.25. The molecular weight excluding hydrogens is 249 g/mol. The van der Waals surface area contributed by atoms with Crippen LogP contribution in [0, 0.1) is 5.92 Å². The lowest BCUT2D eigenvalue weighted by atomic mass is 10.0. The molecule has 0 saturated heterocycles. The third kappa shape index (κ3) is 2.30. The Labute approximate surface area is 82.3 Å². The summed E-state index contributed by atoms with van der Waals surface area (Å²) in [6, 6.07) is 0.610. The van der Waals surface area contributed by atoms with Crippen molar-refractivity contribution < 1.29 is 0 Å². The van der Waals surface area contributed by atoms with E-state index in [2.05, 4.69) is 66.7 Å². The molecule has 2 atom stereocenters. The molecule has 0 radical (unpaired) electrons. The standard InChI is InChI=1S/C9H14IN/c1-7(11(2)3)8-4-5-9(10)6-8/h4-8H,1-3H3/t7-,8?/m1/s1. The van der Waals surface area contributed by atoms with Crippen LogP contribution in [-0.2, 0) is 0 Å². The average molecular weight is 263 g/mol. The van der Waals surface area contributed by atoms with Gasteiger partial charge < -0.3 is 4.90 Å². The fourth-order valence-corrected chi connectivity index (χ4v) is 1.77. The first-order valence-electron chi connectivity index (χ1n) is 3.83. The lowest BCUT2D eigenvalue weighted by Gasteiger charge is -2.23. The van der Waals surface area contributed by atoms with Gasteiger partial charge in [-0.25, -0.2) is 0 Å². The molecule has 11 heavy (non-hydrogen) atoms. The van der Waals surface area contributed by atoms with Crippen molar-refractivity contribution in [3.63, 3.8) is 0 Å². The van der Waals surface area contributed by atoms with Crippen molar-refractivity contribution in [1.82, 2.24) is 4.90 Å². The van der Waals surface area contributed by atoms with E-state index < -0.39 is 0 Å². The molecule has 1 aliphatic carbocycles. The predicted octanol–water partition coefficient (Wildman–Crippen LogP) is 2.44. The summed E-state index contributed by atoms with van der Waals surface area (Å²) in [5.41, 5.74) is 0. The number of halogens is 1. The molecule has 0 N–H and O–H groups in total. The second kappa shape index (κ2) is 3.72. The minimum absolute atomic E-state index is 0.608. The lowest BCUT2D eigenvalue weighted by Crippen LogP contribution is -2.29. The molecule has 0 aromatic carbocycles. The molecule has 0 heterocycles. The smallest absolute Gasteiger partial charge is 0.0159 e. The molecule has 0 spiro atoms. The zero-order valence-corrected chi connectivity index (χ0v) is 9.37. The SMILES string of the molecule is C[C@H](C1C=CC(I)=C1)N(C)C. The highest BCUT2D eigenvalue weighted by Crippen LogP contribution is 2.24. The highest BCUT2D eigenvalue weighted by molar-refractivity contribution is 14.1. The van der Waals surface area contributed by atoms with Gasteiger partial charge in [0.25, 0.3) is 0 Å². The minimum atomic E-state index is 0.608. The van der Waals surface area contributed by atoms with Gasteiger partial charge >= 0.3 is 0 Å². The third-order valence-electron chi connectivity index (χ3n) is 2.20. The Morgan fingerprint density at radius 2 is 2.18 bits per heavy atom. The minimum Gasteiger partial charge on any atom is -0.306 e. The van der Waals surface area contributed by atoms with Crippen molar-refractivity contribution in [2.24, 2.45) is 5.92 Å². The normalized spacial score (nSPS) is 25.9. The number of allylic oxidation sites excluding steroid dienone is 2. The molecule has 0 saturated carbocycles. The number of hydrogen-bond donors (Lipinski definition) is 0. The Morgan fingerprint density at radius 3 is 2.55 bits per heavy atom. The summed E-state index contributed by atoms with van der Waals surface area (Å²) in [6.07, 6.45) is 6.77. The number of nitrogens with zero attached hydrogens (tertiary/aromatic N) is 1. The monoisotopic (exact) mass is 263 g/mol. The quantitative estimate of drug-likeness (QED) is 0.692. The predicted molar refractivity (Wildman–Crippen MR) is 57.9 cm³/mol. The summed E-state index contributed by atoms with van der Waals surface area (Å²) in [4.78, 5) is 2.25. The molecule has 1 aliphatic rings. The van der Waals surface area contributed by atoms with Crippen LogP contribution in [0.2, 0.25) is 0 Å². The highest BCUT2D eigenvalue weighted by Gasteiger charge is 2.16. The van der Waals surface area contributed by atoms with Crippen LogP contribution < -0.4 is 0 Å².